The average molecular weight is 531 g/mol. The van der Waals surface area contributed by atoms with Crippen molar-refractivity contribution in [2.24, 2.45) is 0 Å². The normalized spacial score (nSPS) is 21.7. The van der Waals surface area contributed by atoms with Crippen LogP contribution in [0.25, 0.3) is 0 Å². The molecule has 5 rings (SSSR count). The van der Waals surface area contributed by atoms with E-state index in [-0.39, 0.29) is 49.6 Å². The molecule has 0 bridgehead atoms. The van der Waals surface area contributed by atoms with E-state index in [0.717, 1.165) is 12.1 Å². The SMILES string of the molecule is CN1CCN(C(=O)[C@H]2COC3(CCN(C(=O)c4ccc(F)cc4F)CC3)N2C(=O)c2ccc(F)cc2)CC1. The minimum Gasteiger partial charge on any atom is -0.353 e. The van der Waals surface area contributed by atoms with E-state index < -0.39 is 41.0 Å². The zero-order valence-corrected chi connectivity index (χ0v) is 21.0. The molecule has 0 N–H and O–H groups in total. The second kappa shape index (κ2) is 10.4. The smallest absolute Gasteiger partial charge is 0.256 e. The molecule has 1 spiro atoms. The summed E-state index contributed by atoms with van der Waals surface area (Å²) in [5.74, 6) is -3.47. The largest absolute Gasteiger partial charge is 0.353 e. The molecule has 3 heterocycles. The highest BCUT2D eigenvalue weighted by Crippen LogP contribution is 2.39. The fourth-order valence-electron chi connectivity index (χ4n) is 5.42. The fourth-order valence-corrected chi connectivity index (χ4v) is 5.42. The van der Waals surface area contributed by atoms with Crippen molar-refractivity contribution in [1.29, 1.82) is 0 Å². The highest BCUT2D eigenvalue weighted by molar-refractivity contribution is 5.98. The molecule has 3 aliphatic rings. The summed E-state index contributed by atoms with van der Waals surface area (Å²) in [5.41, 5.74) is -1.17. The van der Waals surface area contributed by atoms with E-state index in [1.807, 2.05) is 7.05 Å². The third kappa shape index (κ3) is 4.88. The zero-order valence-electron chi connectivity index (χ0n) is 21.0. The van der Waals surface area contributed by atoms with Crippen LogP contribution in [0.2, 0.25) is 0 Å². The number of hydrogen-bond acceptors (Lipinski definition) is 5. The van der Waals surface area contributed by atoms with Crippen molar-refractivity contribution in [2.75, 3.05) is 52.9 Å². The van der Waals surface area contributed by atoms with Gasteiger partial charge in [0.15, 0.2) is 0 Å². The Bertz CT molecular complexity index is 1230. The van der Waals surface area contributed by atoms with Gasteiger partial charge in [0.2, 0.25) is 5.91 Å². The molecule has 1 atom stereocenters. The summed E-state index contributed by atoms with van der Waals surface area (Å²) < 4.78 is 47.3. The van der Waals surface area contributed by atoms with Gasteiger partial charge in [0.25, 0.3) is 11.8 Å². The number of amides is 3. The molecule has 0 aromatic heterocycles. The number of rotatable bonds is 3. The molecule has 11 heteroatoms. The van der Waals surface area contributed by atoms with Crippen LogP contribution in [0.5, 0.6) is 0 Å². The van der Waals surface area contributed by atoms with Crippen molar-refractivity contribution >= 4 is 17.7 Å². The number of hydrogen-bond donors (Lipinski definition) is 0. The number of carbonyl (C=O) groups is 3. The number of halogens is 3. The number of benzene rings is 2. The molecule has 202 valence electrons. The van der Waals surface area contributed by atoms with Crippen molar-refractivity contribution in [1.82, 2.24) is 19.6 Å². The van der Waals surface area contributed by atoms with Crippen LogP contribution < -0.4 is 0 Å². The van der Waals surface area contributed by atoms with Crippen molar-refractivity contribution in [2.45, 2.75) is 24.6 Å². The zero-order chi connectivity index (χ0) is 27.0. The maximum atomic E-state index is 14.2. The second-order valence-corrected chi connectivity index (χ2v) is 10.00. The molecule has 8 nitrogen and oxygen atoms in total. The maximum absolute atomic E-state index is 14.2. The molecule has 0 aliphatic carbocycles. The standard InChI is InChI=1S/C27H29F3N4O4/c1-31-12-14-33(15-13-31)26(37)23-17-38-27(34(23)24(35)18-2-4-19(28)5-3-18)8-10-32(11-9-27)25(36)21-7-6-20(29)16-22(21)30/h2-7,16,23H,8-15,17H2,1H3/t23-/m1/s1. The Morgan fingerprint density at radius 1 is 0.816 bits per heavy atom. The van der Waals surface area contributed by atoms with Crippen molar-refractivity contribution < 1.29 is 32.3 Å². The topological polar surface area (TPSA) is 73.4 Å². The molecule has 2 aromatic rings. The summed E-state index contributed by atoms with van der Waals surface area (Å²) >= 11 is 0. The van der Waals surface area contributed by atoms with Gasteiger partial charge >= 0.3 is 0 Å². The fraction of sp³-hybridized carbons (Fsp3) is 0.444. The van der Waals surface area contributed by atoms with Gasteiger partial charge in [0.1, 0.15) is 29.2 Å². The molecule has 3 fully saturated rings. The number of piperidine rings is 1. The van der Waals surface area contributed by atoms with E-state index in [1.54, 1.807) is 4.90 Å². The predicted molar refractivity (Wildman–Crippen MR) is 131 cm³/mol. The molecule has 0 radical (unpaired) electrons. The first-order valence-electron chi connectivity index (χ1n) is 12.6. The lowest BCUT2D eigenvalue weighted by Crippen LogP contribution is -2.61. The highest BCUT2D eigenvalue weighted by Gasteiger charge is 2.55. The van der Waals surface area contributed by atoms with E-state index >= 15 is 0 Å². The minimum absolute atomic E-state index is 0.00135. The van der Waals surface area contributed by atoms with Crippen LogP contribution in [0.1, 0.15) is 33.6 Å². The van der Waals surface area contributed by atoms with Crippen LogP contribution in [0.4, 0.5) is 13.2 Å². The van der Waals surface area contributed by atoms with Gasteiger partial charge in [-0.15, -0.1) is 0 Å². The Hall–Kier alpha value is -3.44. The Balaban J connectivity index is 1.39. The summed E-state index contributed by atoms with van der Waals surface area (Å²) in [7, 11) is 1.98. The Morgan fingerprint density at radius 2 is 1.45 bits per heavy atom. The molecule has 38 heavy (non-hydrogen) atoms. The molecule has 3 amide bonds. The lowest BCUT2D eigenvalue weighted by molar-refractivity contribution is -0.139. The summed E-state index contributed by atoms with van der Waals surface area (Å²) in [6.45, 7) is 2.77. The monoisotopic (exact) mass is 530 g/mol. The van der Waals surface area contributed by atoms with E-state index in [2.05, 4.69) is 4.90 Å². The number of likely N-dealkylation sites (N-methyl/N-ethyl adjacent to an activating group) is 1. The third-order valence-corrected chi connectivity index (χ3v) is 7.66. The van der Waals surface area contributed by atoms with Gasteiger partial charge in [-0.3, -0.25) is 19.3 Å². The average Bonchev–Trinajstić information content (AvgIpc) is 3.27. The van der Waals surface area contributed by atoms with Crippen LogP contribution in [-0.2, 0) is 9.53 Å². The van der Waals surface area contributed by atoms with Crippen molar-refractivity contribution in [3.05, 3.63) is 71.0 Å². The van der Waals surface area contributed by atoms with E-state index in [4.69, 9.17) is 4.74 Å². The summed E-state index contributed by atoms with van der Waals surface area (Å²) in [5, 5.41) is 0. The number of ether oxygens (including phenoxy) is 1. The van der Waals surface area contributed by atoms with Crippen LogP contribution in [-0.4, -0.2) is 102 Å². The Kier molecular flexibility index (Phi) is 7.15. The van der Waals surface area contributed by atoms with Gasteiger partial charge in [0, 0.05) is 63.7 Å². The molecule has 0 saturated carbocycles. The quantitative estimate of drug-likeness (QED) is 0.610. The third-order valence-electron chi connectivity index (χ3n) is 7.66. The van der Waals surface area contributed by atoms with Gasteiger partial charge in [-0.1, -0.05) is 0 Å². The highest BCUT2D eigenvalue weighted by atomic mass is 19.1. The van der Waals surface area contributed by atoms with Crippen LogP contribution in [0.15, 0.2) is 42.5 Å². The maximum Gasteiger partial charge on any atom is 0.256 e. The molecule has 3 aliphatic heterocycles. The number of likely N-dealkylation sites (tertiary alicyclic amines) is 1. The van der Waals surface area contributed by atoms with E-state index in [0.29, 0.717) is 32.2 Å². The first kappa shape index (κ1) is 26.2. The van der Waals surface area contributed by atoms with Gasteiger partial charge < -0.3 is 19.4 Å². The second-order valence-electron chi connectivity index (χ2n) is 10.00. The lowest BCUT2D eigenvalue weighted by atomic mass is 9.96. The van der Waals surface area contributed by atoms with Crippen molar-refractivity contribution in [3.63, 3.8) is 0 Å². The lowest BCUT2D eigenvalue weighted by Gasteiger charge is -2.45. The Labute approximate surface area is 218 Å². The number of piperazine rings is 1. The van der Waals surface area contributed by atoms with Gasteiger partial charge in [0.05, 0.1) is 12.2 Å². The summed E-state index contributed by atoms with van der Waals surface area (Å²) in [4.78, 5) is 47.1. The minimum atomic E-state index is -1.16. The predicted octanol–water partition coefficient (Wildman–Crippen LogP) is 2.35. The first-order chi connectivity index (χ1) is 18.2. The molecule has 2 aromatic carbocycles. The molecule has 3 saturated heterocycles. The van der Waals surface area contributed by atoms with Gasteiger partial charge in [-0.2, -0.15) is 0 Å². The molecular weight excluding hydrogens is 501 g/mol. The number of nitrogens with zero attached hydrogens (tertiary/aromatic N) is 4. The van der Waals surface area contributed by atoms with E-state index in [1.165, 1.54) is 34.1 Å². The van der Waals surface area contributed by atoms with Crippen molar-refractivity contribution in [3.8, 4) is 0 Å². The summed E-state index contributed by atoms with van der Waals surface area (Å²) in [6.07, 6.45) is 0.391. The number of carbonyl (C=O) groups excluding carboxylic acids is 3. The van der Waals surface area contributed by atoms with Gasteiger partial charge in [-0.25, -0.2) is 13.2 Å². The molecule has 0 unspecified atom stereocenters. The van der Waals surface area contributed by atoms with Crippen LogP contribution >= 0.6 is 0 Å². The van der Waals surface area contributed by atoms with E-state index in [9.17, 15) is 27.6 Å². The van der Waals surface area contributed by atoms with Gasteiger partial charge in [-0.05, 0) is 43.4 Å². The first-order valence-corrected chi connectivity index (χ1v) is 12.6. The summed E-state index contributed by atoms with van der Waals surface area (Å²) in [6, 6.07) is 7.05. The van der Waals surface area contributed by atoms with Crippen LogP contribution in [0, 0.1) is 17.5 Å². The molecular formula is C27H29F3N4O4. The Morgan fingerprint density at radius 3 is 2.08 bits per heavy atom. The van der Waals surface area contributed by atoms with Crippen LogP contribution in [0.3, 0.4) is 0 Å².